The van der Waals surface area contributed by atoms with Gasteiger partial charge in [0, 0.05) is 17.6 Å². The fourth-order valence-electron chi connectivity index (χ4n) is 3.50. The number of fused-ring (bicyclic) bond motifs is 1. The minimum atomic E-state index is 0.302. The second kappa shape index (κ2) is 5.85. The summed E-state index contributed by atoms with van der Waals surface area (Å²) in [5.74, 6) is 0.861. The van der Waals surface area contributed by atoms with E-state index in [1.165, 1.54) is 31.4 Å². The molecule has 1 saturated carbocycles. The molecule has 0 spiro atoms. The predicted octanol–water partition coefficient (Wildman–Crippen LogP) is 4.88. The number of methoxy groups -OCH3 is 1. The van der Waals surface area contributed by atoms with Crippen molar-refractivity contribution in [2.75, 3.05) is 7.11 Å². The molecule has 118 valence electrons. The van der Waals surface area contributed by atoms with Gasteiger partial charge in [-0.2, -0.15) is 4.98 Å². The van der Waals surface area contributed by atoms with Crippen molar-refractivity contribution in [2.24, 2.45) is 0 Å². The Morgan fingerprint density at radius 3 is 2.61 bits per heavy atom. The van der Waals surface area contributed by atoms with Crippen molar-refractivity contribution in [3.8, 4) is 17.0 Å². The molecule has 1 fully saturated rings. The van der Waals surface area contributed by atoms with Gasteiger partial charge in [-0.3, -0.25) is 0 Å². The van der Waals surface area contributed by atoms with E-state index in [1.54, 1.807) is 7.11 Å². The average Bonchev–Trinajstić information content (AvgIpc) is 3.21. The first kappa shape index (κ1) is 14.5. The number of halogens is 1. The normalized spacial score (nSPS) is 15.4. The molecular formula is C18H18ClN3O. The lowest BCUT2D eigenvalue weighted by Crippen LogP contribution is -2.07. The number of ether oxygens (including phenoxy) is 1. The number of aromatic nitrogens is 3. The molecule has 0 amide bonds. The van der Waals surface area contributed by atoms with Gasteiger partial charge in [-0.05, 0) is 60.3 Å². The summed E-state index contributed by atoms with van der Waals surface area (Å²) < 4.78 is 7.61. The summed E-state index contributed by atoms with van der Waals surface area (Å²) in [5, 5.41) is 1.34. The standard InChI is InChI=1S/C18H18ClN3O/c1-23-15-8-6-12(7-9-15)16-10-13-11-20-18(19)21-17(13)22(16)14-4-2-3-5-14/h6-11,14H,2-5H2,1H3. The third-order valence-corrected chi connectivity index (χ3v) is 4.80. The molecule has 0 bridgehead atoms. The second-order valence-electron chi connectivity index (χ2n) is 5.98. The van der Waals surface area contributed by atoms with E-state index in [0.29, 0.717) is 11.3 Å². The first-order valence-electron chi connectivity index (χ1n) is 7.94. The van der Waals surface area contributed by atoms with Crippen LogP contribution >= 0.6 is 11.6 Å². The van der Waals surface area contributed by atoms with Crippen LogP contribution in [0.1, 0.15) is 31.7 Å². The highest BCUT2D eigenvalue weighted by Gasteiger charge is 2.23. The zero-order valence-electron chi connectivity index (χ0n) is 13.0. The van der Waals surface area contributed by atoms with Gasteiger partial charge in [-0.15, -0.1) is 0 Å². The molecule has 0 aliphatic heterocycles. The largest absolute Gasteiger partial charge is 0.497 e. The molecule has 1 aliphatic rings. The third kappa shape index (κ3) is 2.57. The smallest absolute Gasteiger partial charge is 0.224 e. The zero-order valence-corrected chi connectivity index (χ0v) is 13.8. The van der Waals surface area contributed by atoms with Crippen molar-refractivity contribution in [2.45, 2.75) is 31.7 Å². The van der Waals surface area contributed by atoms with Gasteiger partial charge in [0.2, 0.25) is 5.28 Å². The maximum absolute atomic E-state index is 6.04. The Morgan fingerprint density at radius 1 is 1.17 bits per heavy atom. The molecule has 0 N–H and O–H groups in total. The van der Waals surface area contributed by atoms with Crippen LogP contribution in [0.25, 0.3) is 22.3 Å². The average molecular weight is 328 g/mol. The number of hydrogen-bond acceptors (Lipinski definition) is 3. The van der Waals surface area contributed by atoms with Crippen LogP contribution in [0.2, 0.25) is 5.28 Å². The maximum Gasteiger partial charge on any atom is 0.224 e. The van der Waals surface area contributed by atoms with Crippen molar-refractivity contribution in [1.29, 1.82) is 0 Å². The molecule has 0 radical (unpaired) electrons. The van der Waals surface area contributed by atoms with Gasteiger partial charge in [0.25, 0.3) is 0 Å². The molecular weight excluding hydrogens is 310 g/mol. The van der Waals surface area contributed by atoms with Crippen LogP contribution in [-0.2, 0) is 0 Å². The molecule has 2 heterocycles. The molecule has 4 rings (SSSR count). The first-order chi connectivity index (χ1) is 11.3. The Morgan fingerprint density at radius 2 is 1.91 bits per heavy atom. The van der Waals surface area contributed by atoms with Gasteiger partial charge >= 0.3 is 0 Å². The minimum absolute atomic E-state index is 0.302. The lowest BCUT2D eigenvalue weighted by atomic mass is 10.1. The highest BCUT2D eigenvalue weighted by molar-refractivity contribution is 6.28. The highest BCUT2D eigenvalue weighted by Crippen LogP contribution is 2.38. The van der Waals surface area contributed by atoms with Gasteiger partial charge in [0.15, 0.2) is 0 Å². The molecule has 5 heteroatoms. The van der Waals surface area contributed by atoms with Crippen molar-refractivity contribution in [3.05, 3.63) is 41.8 Å². The van der Waals surface area contributed by atoms with E-state index in [9.17, 15) is 0 Å². The summed E-state index contributed by atoms with van der Waals surface area (Å²) in [5.41, 5.74) is 3.26. The molecule has 0 unspecified atom stereocenters. The van der Waals surface area contributed by atoms with Gasteiger partial charge < -0.3 is 9.30 Å². The van der Waals surface area contributed by atoms with E-state index < -0.39 is 0 Å². The predicted molar refractivity (Wildman–Crippen MR) is 92.0 cm³/mol. The third-order valence-electron chi connectivity index (χ3n) is 4.62. The van der Waals surface area contributed by atoms with Gasteiger partial charge in [-0.25, -0.2) is 4.98 Å². The Labute approximate surface area is 140 Å². The number of hydrogen-bond donors (Lipinski definition) is 0. The summed E-state index contributed by atoms with van der Waals surface area (Å²) in [7, 11) is 1.68. The lowest BCUT2D eigenvalue weighted by Gasteiger charge is -2.17. The van der Waals surface area contributed by atoms with Crippen LogP contribution in [0.15, 0.2) is 36.5 Å². The highest BCUT2D eigenvalue weighted by atomic mass is 35.5. The van der Waals surface area contributed by atoms with E-state index >= 15 is 0 Å². The quantitative estimate of drug-likeness (QED) is 0.644. The Kier molecular flexibility index (Phi) is 3.69. The SMILES string of the molecule is COc1ccc(-c2cc3cnc(Cl)nc3n2C2CCCC2)cc1. The van der Waals surface area contributed by atoms with Crippen molar-refractivity contribution < 1.29 is 4.74 Å². The van der Waals surface area contributed by atoms with Crippen LogP contribution in [0.3, 0.4) is 0 Å². The topological polar surface area (TPSA) is 39.9 Å². The monoisotopic (exact) mass is 327 g/mol. The summed E-state index contributed by atoms with van der Waals surface area (Å²) in [6, 6.07) is 10.8. The molecule has 0 saturated heterocycles. The maximum atomic E-state index is 6.04. The summed E-state index contributed by atoms with van der Waals surface area (Å²) in [6.45, 7) is 0. The second-order valence-corrected chi connectivity index (χ2v) is 6.32. The Bertz CT molecular complexity index is 835. The van der Waals surface area contributed by atoms with E-state index in [-0.39, 0.29) is 0 Å². The minimum Gasteiger partial charge on any atom is -0.497 e. The molecule has 3 aromatic rings. The molecule has 1 aliphatic carbocycles. The van der Waals surface area contributed by atoms with E-state index in [2.05, 4.69) is 32.7 Å². The van der Waals surface area contributed by atoms with Crippen molar-refractivity contribution in [1.82, 2.24) is 14.5 Å². The molecule has 1 aromatic carbocycles. The Hall–Kier alpha value is -2.07. The van der Waals surface area contributed by atoms with Crippen LogP contribution in [0.4, 0.5) is 0 Å². The molecule has 23 heavy (non-hydrogen) atoms. The van der Waals surface area contributed by atoms with Gasteiger partial charge in [0.05, 0.1) is 12.8 Å². The lowest BCUT2D eigenvalue weighted by molar-refractivity contribution is 0.415. The number of nitrogens with zero attached hydrogens (tertiary/aromatic N) is 3. The number of rotatable bonds is 3. The summed E-state index contributed by atoms with van der Waals surface area (Å²) in [4.78, 5) is 8.62. The zero-order chi connectivity index (χ0) is 15.8. The fraction of sp³-hybridized carbons (Fsp3) is 0.333. The molecule has 4 nitrogen and oxygen atoms in total. The van der Waals surface area contributed by atoms with Gasteiger partial charge in [-0.1, -0.05) is 12.8 Å². The Balaban J connectivity index is 1.91. The van der Waals surface area contributed by atoms with Crippen LogP contribution in [-0.4, -0.2) is 21.6 Å². The van der Waals surface area contributed by atoms with Crippen molar-refractivity contribution in [3.63, 3.8) is 0 Å². The van der Waals surface area contributed by atoms with E-state index in [4.69, 9.17) is 16.3 Å². The molecule has 2 aromatic heterocycles. The summed E-state index contributed by atoms with van der Waals surface area (Å²) >= 11 is 6.04. The van der Waals surface area contributed by atoms with Crippen LogP contribution in [0.5, 0.6) is 5.75 Å². The summed E-state index contributed by atoms with van der Waals surface area (Å²) in [6.07, 6.45) is 6.72. The van der Waals surface area contributed by atoms with Crippen LogP contribution < -0.4 is 4.74 Å². The number of benzene rings is 1. The van der Waals surface area contributed by atoms with Gasteiger partial charge in [0.1, 0.15) is 11.4 Å². The van der Waals surface area contributed by atoms with E-state index in [1.807, 2.05) is 18.3 Å². The molecule has 0 atom stereocenters. The van der Waals surface area contributed by atoms with E-state index in [0.717, 1.165) is 22.3 Å². The van der Waals surface area contributed by atoms with Crippen molar-refractivity contribution >= 4 is 22.6 Å². The van der Waals surface area contributed by atoms with Crippen LogP contribution in [0, 0.1) is 0 Å². The fourth-order valence-corrected chi connectivity index (χ4v) is 3.63. The first-order valence-corrected chi connectivity index (χ1v) is 8.32.